The zero-order valence-electron chi connectivity index (χ0n) is 12.3. The third kappa shape index (κ3) is 3.98. The number of hydrogen-bond donors (Lipinski definition) is 1. The Bertz CT molecular complexity index is 566. The summed E-state index contributed by atoms with van der Waals surface area (Å²) in [5.74, 6) is 0.528. The van der Waals surface area contributed by atoms with E-state index < -0.39 is 0 Å². The first-order valence-electron chi connectivity index (χ1n) is 6.99. The van der Waals surface area contributed by atoms with Crippen LogP contribution < -0.4 is 5.32 Å². The number of carbonyl (C=O) groups is 1. The van der Waals surface area contributed by atoms with E-state index in [0.717, 1.165) is 5.69 Å². The molecule has 6 heteroatoms. The molecule has 0 saturated heterocycles. The van der Waals surface area contributed by atoms with Crippen molar-refractivity contribution in [2.75, 3.05) is 18.4 Å². The van der Waals surface area contributed by atoms with Crippen molar-refractivity contribution in [3.8, 4) is 0 Å². The normalized spacial score (nSPS) is 10.2. The molecule has 1 N–H and O–H groups in total. The van der Waals surface area contributed by atoms with Crippen LogP contribution in [0.1, 0.15) is 30.0 Å². The van der Waals surface area contributed by atoms with Crippen LogP contribution in [0.2, 0.25) is 0 Å². The number of aromatic nitrogens is 3. The first-order valence-corrected chi connectivity index (χ1v) is 6.99. The highest BCUT2D eigenvalue weighted by Crippen LogP contribution is 2.06. The lowest BCUT2D eigenvalue weighted by Gasteiger charge is -2.17. The number of rotatable bonds is 6. The molecule has 0 fully saturated rings. The molecule has 0 spiro atoms. The van der Waals surface area contributed by atoms with Crippen LogP contribution in [0.15, 0.2) is 36.8 Å². The molecular formula is C15H19N5O. The minimum absolute atomic E-state index is 0.0937. The molecule has 0 atom stereocenters. The van der Waals surface area contributed by atoms with E-state index in [2.05, 4.69) is 20.3 Å². The number of nitrogens with zero attached hydrogens (tertiary/aromatic N) is 4. The van der Waals surface area contributed by atoms with Crippen LogP contribution in [-0.2, 0) is 6.54 Å². The summed E-state index contributed by atoms with van der Waals surface area (Å²) in [6.07, 6.45) is 4.82. The lowest BCUT2D eigenvalue weighted by atomic mass is 10.3. The highest BCUT2D eigenvalue weighted by molar-refractivity contribution is 5.92. The fourth-order valence-electron chi connectivity index (χ4n) is 1.89. The maximum absolute atomic E-state index is 12.1. The van der Waals surface area contributed by atoms with E-state index in [9.17, 15) is 4.79 Å². The molecule has 0 aliphatic carbocycles. The van der Waals surface area contributed by atoms with Gasteiger partial charge in [-0.3, -0.25) is 9.78 Å². The summed E-state index contributed by atoms with van der Waals surface area (Å²) in [6, 6.07) is 5.73. The van der Waals surface area contributed by atoms with Gasteiger partial charge in [-0.15, -0.1) is 0 Å². The van der Waals surface area contributed by atoms with Crippen molar-refractivity contribution in [2.24, 2.45) is 0 Å². The molecule has 0 aliphatic heterocycles. The van der Waals surface area contributed by atoms with Gasteiger partial charge in [0, 0.05) is 19.3 Å². The number of pyridine rings is 1. The van der Waals surface area contributed by atoms with Crippen molar-refractivity contribution >= 4 is 11.7 Å². The Kier molecular flexibility index (Phi) is 5.20. The lowest BCUT2D eigenvalue weighted by Crippen LogP contribution is -2.31. The molecule has 2 rings (SSSR count). The Morgan fingerprint density at radius 2 is 1.95 bits per heavy atom. The SMILES string of the molecule is CCN(CC)C(=O)c1cnc(NCc2ccccn2)cn1. The van der Waals surface area contributed by atoms with Gasteiger partial charge < -0.3 is 10.2 Å². The van der Waals surface area contributed by atoms with Crippen molar-refractivity contribution in [1.82, 2.24) is 19.9 Å². The Labute approximate surface area is 124 Å². The van der Waals surface area contributed by atoms with Gasteiger partial charge in [-0.05, 0) is 26.0 Å². The fraction of sp³-hybridized carbons (Fsp3) is 0.333. The van der Waals surface area contributed by atoms with Gasteiger partial charge >= 0.3 is 0 Å². The quantitative estimate of drug-likeness (QED) is 0.878. The third-order valence-electron chi connectivity index (χ3n) is 3.10. The molecule has 0 bridgehead atoms. The van der Waals surface area contributed by atoms with Crippen LogP contribution in [-0.4, -0.2) is 38.8 Å². The maximum atomic E-state index is 12.1. The summed E-state index contributed by atoms with van der Waals surface area (Å²) in [6.45, 7) is 5.78. The molecule has 0 unspecified atom stereocenters. The number of hydrogen-bond acceptors (Lipinski definition) is 5. The fourth-order valence-corrected chi connectivity index (χ4v) is 1.89. The summed E-state index contributed by atoms with van der Waals surface area (Å²) in [4.78, 5) is 26.4. The Morgan fingerprint density at radius 1 is 1.14 bits per heavy atom. The van der Waals surface area contributed by atoms with Gasteiger partial charge in [-0.1, -0.05) is 6.07 Å². The molecular weight excluding hydrogens is 266 g/mol. The molecule has 0 aromatic carbocycles. The summed E-state index contributed by atoms with van der Waals surface area (Å²) < 4.78 is 0. The van der Waals surface area contributed by atoms with Gasteiger partial charge in [-0.2, -0.15) is 0 Å². The number of nitrogens with one attached hydrogen (secondary N) is 1. The monoisotopic (exact) mass is 285 g/mol. The van der Waals surface area contributed by atoms with Crippen LogP contribution in [0.4, 0.5) is 5.82 Å². The second kappa shape index (κ2) is 7.33. The predicted octanol–water partition coefficient (Wildman–Crippen LogP) is 1.97. The summed E-state index contributed by atoms with van der Waals surface area (Å²) in [5.41, 5.74) is 1.28. The molecule has 21 heavy (non-hydrogen) atoms. The topological polar surface area (TPSA) is 71.0 Å². The van der Waals surface area contributed by atoms with Crippen LogP contribution in [0.25, 0.3) is 0 Å². The van der Waals surface area contributed by atoms with Crippen molar-refractivity contribution in [1.29, 1.82) is 0 Å². The molecule has 110 valence electrons. The van der Waals surface area contributed by atoms with Crippen LogP contribution in [0.5, 0.6) is 0 Å². The Balaban J connectivity index is 1.97. The second-order valence-electron chi connectivity index (χ2n) is 4.44. The van der Waals surface area contributed by atoms with Gasteiger partial charge in [0.05, 0.1) is 24.6 Å². The van der Waals surface area contributed by atoms with E-state index >= 15 is 0 Å². The molecule has 1 amide bonds. The highest BCUT2D eigenvalue weighted by Gasteiger charge is 2.14. The average molecular weight is 285 g/mol. The van der Waals surface area contributed by atoms with Gasteiger partial charge in [-0.25, -0.2) is 9.97 Å². The van der Waals surface area contributed by atoms with Crippen molar-refractivity contribution in [3.63, 3.8) is 0 Å². The minimum atomic E-state index is -0.0937. The van der Waals surface area contributed by atoms with Crippen molar-refractivity contribution < 1.29 is 4.79 Å². The highest BCUT2D eigenvalue weighted by atomic mass is 16.2. The van der Waals surface area contributed by atoms with Crippen LogP contribution in [0.3, 0.4) is 0 Å². The van der Waals surface area contributed by atoms with Gasteiger partial charge in [0.2, 0.25) is 0 Å². The van der Waals surface area contributed by atoms with Crippen molar-refractivity contribution in [2.45, 2.75) is 20.4 Å². The first kappa shape index (κ1) is 14.9. The van der Waals surface area contributed by atoms with E-state index in [1.54, 1.807) is 17.3 Å². The van der Waals surface area contributed by atoms with E-state index in [-0.39, 0.29) is 5.91 Å². The first-order chi connectivity index (χ1) is 10.2. The molecule has 0 radical (unpaired) electrons. The van der Waals surface area contributed by atoms with E-state index in [1.165, 1.54) is 6.20 Å². The molecule has 0 aliphatic rings. The largest absolute Gasteiger partial charge is 0.363 e. The van der Waals surface area contributed by atoms with Crippen LogP contribution in [0, 0.1) is 0 Å². The molecule has 6 nitrogen and oxygen atoms in total. The number of anilines is 1. The second-order valence-corrected chi connectivity index (χ2v) is 4.44. The minimum Gasteiger partial charge on any atom is -0.363 e. The van der Waals surface area contributed by atoms with E-state index in [0.29, 0.717) is 31.1 Å². The van der Waals surface area contributed by atoms with Gasteiger partial charge in [0.15, 0.2) is 0 Å². The number of carbonyl (C=O) groups excluding carboxylic acids is 1. The summed E-state index contributed by atoms with van der Waals surface area (Å²) >= 11 is 0. The standard InChI is InChI=1S/C15H19N5O/c1-3-20(4-2)15(21)13-10-19-14(11-17-13)18-9-12-7-5-6-8-16-12/h5-8,10-11H,3-4,9H2,1-2H3,(H,18,19). The van der Waals surface area contributed by atoms with Gasteiger partial charge in [0.1, 0.15) is 11.5 Å². The summed E-state index contributed by atoms with van der Waals surface area (Å²) in [5, 5.41) is 3.12. The molecule has 2 aromatic rings. The number of amides is 1. The van der Waals surface area contributed by atoms with Crippen LogP contribution >= 0.6 is 0 Å². The smallest absolute Gasteiger partial charge is 0.274 e. The van der Waals surface area contributed by atoms with Crippen molar-refractivity contribution in [3.05, 3.63) is 48.2 Å². The molecule has 0 saturated carbocycles. The summed E-state index contributed by atoms with van der Waals surface area (Å²) in [7, 11) is 0. The van der Waals surface area contributed by atoms with E-state index in [1.807, 2.05) is 32.0 Å². The third-order valence-corrected chi connectivity index (χ3v) is 3.10. The Hall–Kier alpha value is -2.50. The zero-order valence-corrected chi connectivity index (χ0v) is 12.3. The Morgan fingerprint density at radius 3 is 2.52 bits per heavy atom. The lowest BCUT2D eigenvalue weighted by molar-refractivity contribution is 0.0766. The molecule has 2 heterocycles. The maximum Gasteiger partial charge on any atom is 0.274 e. The zero-order chi connectivity index (χ0) is 15.1. The van der Waals surface area contributed by atoms with E-state index in [4.69, 9.17) is 0 Å². The predicted molar refractivity (Wildman–Crippen MR) is 80.8 cm³/mol. The molecule has 2 aromatic heterocycles. The average Bonchev–Trinajstić information content (AvgIpc) is 2.55. The van der Waals surface area contributed by atoms with Gasteiger partial charge in [0.25, 0.3) is 5.91 Å².